The fraction of sp³-hybridized carbons (Fsp3) is 0.611. The standard InChI is InChI=1S/C18H23N3O5/c1-10-13(11(2)26-21-10)7-24-15-5-6-23-8-14(15)20-18(22)16-17(12-3-4-12)25-9-19-16/h9,12,14-15H,3-8H2,1-2H3,(H,20,22)/t14-,15+/m1/s1. The molecule has 8 nitrogen and oxygen atoms in total. The first-order valence-electron chi connectivity index (χ1n) is 8.99. The Morgan fingerprint density at radius 1 is 1.35 bits per heavy atom. The first-order valence-corrected chi connectivity index (χ1v) is 8.99. The van der Waals surface area contributed by atoms with Gasteiger partial charge in [-0.25, -0.2) is 4.98 Å². The van der Waals surface area contributed by atoms with Crippen LogP contribution in [-0.4, -0.2) is 41.4 Å². The molecule has 1 aliphatic carbocycles. The van der Waals surface area contributed by atoms with Crippen LogP contribution in [0.5, 0.6) is 0 Å². The molecule has 4 rings (SSSR count). The average molecular weight is 361 g/mol. The maximum Gasteiger partial charge on any atom is 0.273 e. The summed E-state index contributed by atoms with van der Waals surface area (Å²) in [5, 5.41) is 6.95. The molecule has 2 aliphatic rings. The molecule has 2 aromatic heterocycles. The molecule has 1 aliphatic heterocycles. The van der Waals surface area contributed by atoms with Crippen LogP contribution in [0.4, 0.5) is 0 Å². The molecule has 26 heavy (non-hydrogen) atoms. The highest BCUT2D eigenvalue weighted by Gasteiger charge is 2.35. The number of amides is 1. The van der Waals surface area contributed by atoms with Crippen LogP contribution in [0.15, 0.2) is 15.3 Å². The molecule has 140 valence electrons. The largest absolute Gasteiger partial charge is 0.447 e. The highest BCUT2D eigenvalue weighted by molar-refractivity contribution is 5.93. The Morgan fingerprint density at radius 2 is 2.19 bits per heavy atom. The zero-order valence-corrected chi connectivity index (χ0v) is 15.0. The molecule has 0 spiro atoms. The second-order valence-corrected chi connectivity index (χ2v) is 6.94. The van der Waals surface area contributed by atoms with E-state index < -0.39 is 0 Å². The zero-order valence-electron chi connectivity index (χ0n) is 15.0. The van der Waals surface area contributed by atoms with Gasteiger partial charge in [-0.15, -0.1) is 0 Å². The lowest BCUT2D eigenvalue weighted by Gasteiger charge is -2.32. The topological polar surface area (TPSA) is 99.6 Å². The van der Waals surface area contributed by atoms with Gasteiger partial charge in [-0.2, -0.15) is 0 Å². The summed E-state index contributed by atoms with van der Waals surface area (Å²) in [5.74, 6) is 1.54. The SMILES string of the molecule is Cc1noc(C)c1CO[C@H]1CCOC[C@H]1NC(=O)c1ncoc1C1CC1. The van der Waals surface area contributed by atoms with Gasteiger partial charge in [-0.1, -0.05) is 5.16 Å². The quantitative estimate of drug-likeness (QED) is 0.842. The monoisotopic (exact) mass is 361 g/mol. The molecule has 0 bridgehead atoms. The predicted molar refractivity (Wildman–Crippen MR) is 89.7 cm³/mol. The van der Waals surface area contributed by atoms with Gasteiger partial charge in [-0.3, -0.25) is 4.79 Å². The number of ether oxygens (including phenoxy) is 2. The second-order valence-electron chi connectivity index (χ2n) is 6.94. The number of hydrogen-bond acceptors (Lipinski definition) is 7. The lowest BCUT2D eigenvalue weighted by atomic mass is 10.1. The third-order valence-electron chi connectivity index (χ3n) is 4.99. The smallest absolute Gasteiger partial charge is 0.273 e. The van der Waals surface area contributed by atoms with E-state index in [9.17, 15) is 4.79 Å². The van der Waals surface area contributed by atoms with Crippen molar-refractivity contribution in [3.63, 3.8) is 0 Å². The highest BCUT2D eigenvalue weighted by atomic mass is 16.5. The Kier molecular flexibility index (Phi) is 4.78. The Hall–Kier alpha value is -2.19. The van der Waals surface area contributed by atoms with Gasteiger partial charge in [0.15, 0.2) is 12.1 Å². The molecule has 1 saturated carbocycles. The van der Waals surface area contributed by atoms with E-state index in [4.69, 9.17) is 18.4 Å². The van der Waals surface area contributed by atoms with Crippen molar-refractivity contribution >= 4 is 5.91 Å². The number of aromatic nitrogens is 2. The van der Waals surface area contributed by atoms with Gasteiger partial charge in [0.2, 0.25) is 0 Å². The molecule has 1 N–H and O–H groups in total. The minimum atomic E-state index is -0.236. The lowest BCUT2D eigenvalue weighted by Crippen LogP contribution is -2.50. The molecule has 0 radical (unpaired) electrons. The first-order chi connectivity index (χ1) is 12.6. The Labute approximate surface area is 151 Å². The lowest BCUT2D eigenvalue weighted by molar-refractivity contribution is -0.0608. The molecule has 1 amide bonds. The maximum absolute atomic E-state index is 12.6. The zero-order chi connectivity index (χ0) is 18.1. The number of hydrogen-bond donors (Lipinski definition) is 1. The molecule has 2 fully saturated rings. The number of aryl methyl sites for hydroxylation is 2. The molecule has 3 heterocycles. The highest BCUT2D eigenvalue weighted by Crippen LogP contribution is 2.41. The van der Waals surface area contributed by atoms with Crippen molar-refractivity contribution in [2.45, 2.75) is 57.8 Å². The van der Waals surface area contributed by atoms with Crippen molar-refractivity contribution in [1.29, 1.82) is 0 Å². The molecular formula is C18H23N3O5. The van der Waals surface area contributed by atoms with Crippen molar-refractivity contribution < 1.29 is 23.2 Å². The summed E-state index contributed by atoms with van der Waals surface area (Å²) in [5.41, 5.74) is 2.16. The van der Waals surface area contributed by atoms with E-state index in [0.29, 0.717) is 43.6 Å². The summed E-state index contributed by atoms with van der Waals surface area (Å²) < 4.78 is 22.2. The van der Waals surface area contributed by atoms with Gasteiger partial charge in [0.05, 0.1) is 31.1 Å². The molecule has 1 saturated heterocycles. The van der Waals surface area contributed by atoms with E-state index in [2.05, 4.69) is 15.5 Å². The Bertz CT molecular complexity index is 760. The van der Waals surface area contributed by atoms with Crippen LogP contribution in [0, 0.1) is 13.8 Å². The van der Waals surface area contributed by atoms with Crippen molar-refractivity contribution in [1.82, 2.24) is 15.5 Å². The van der Waals surface area contributed by atoms with Gasteiger partial charge >= 0.3 is 0 Å². The maximum atomic E-state index is 12.6. The summed E-state index contributed by atoms with van der Waals surface area (Å²) in [6, 6.07) is -0.236. The van der Waals surface area contributed by atoms with E-state index in [1.165, 1.54) is 6.39 Å². The summed E-state index contributed by atoms with van der Waals surface area (Å²) in [4.78, 5) is 16.7. The molecule has 8 heteroatoms. The van der Waals surface area contributed by atoms with E-state index in [1.807, 2.05) is 13.8 Å². The van der Waals surface area contributed by atoms with Crippen molar-refractivity contribution in [2.24, 2.45) is 0 Å². The van der Waals surface area contributed by atoms with E-state index >= 15 is 0 Å². The van der Waals surface area contributed by atoms with Crippen molar-refractivity contribution in [3.8, 4) is 0 Å². The molecule has 2 atom stereocenters. The second kappa shape index (κ2) is 7.20. The van der Waals surface area contributed by atoms with Crippen LogP contribution >= 0.6 is 0 Å². The molecular weight excluding hydrogens is 338 g/mol. The summed E-state index contributed by atoms with van der Waals surface area (Å²) in [6.07, 6.45) is 4.00. The third kappa shape index (κ3) is 3.52. The van der Waals surface area contributed by atoms with Crippen LogP contribution in [0.2, 0.25) is 0 Å². The molecule has 0 unspecified atom stereocenters. The predicted octanol–water partition coefficient (Wildman–Crippen LogP) is 2.26. The number of carbonyl (C=O) groups excluding carboxylic acids is 1. The minimum Gasteiger partial charge on any atom is -0.447 e. The number of nitrogens with zero attached hydrogens (tertiary/aromatic N) is 2. The fourth-order valence-electron chi connectivity index (χ4n) is 3.25. The fourth-order valence-corrected chi connectivity index (χ4v) is 3.25. The van der Waals surface area contributed by atoms with Gasteiger partial charge in [0.1, 0.15) is 11.5 Å². The van der Waals surface area contributed by atoms with Crippen LogP contribution < -0.4 is 5.32 Å². The van der Waals surface area contributed by atoms with Crippen LogP contribution in [0.1, 0.15) is 58.4 Å². The van der Waals surface area contributed by atoms with Crippen molar-refractivity contribution in [3.05, 3.63) is 34.9 Å². The normalized spacial score (nSPS) is 23.2. The van der Waals surface area contributed by atoms with E-state index in [1.54, 1.807) is 0 Å². The van der Waals surface area contributed by atoms with Crippen LogP contribution in [0.3, 0.4) is 0 Å². The summed E-state index contributed by atoms with van der Waals surface area (Å²) in [7, 11) is 0. The van der Waals surface area contributed by atoms with Gasteiger partial charge in [-0.05, 0) is 33.1 Å². The minimum absolute atomic E-state index is 0.141. The van der Waals surface area contributed by atoms with Gasteiger partial charge < -0.3 is 23.7 Å². The number of oxazole rings is 1. The summed E-state index contributed by atoms with van der Waals surface area (Å²) >= 11 is 0. The Balaban J connectivity index is 1.40. The van der Waals surface area contributed by atoms with E-state index in [-0.39, 0.29) is 18.1 Å². The van der Waals surface area contributed by atoms with Gasteiger partial charge in [0.25, 0.3) is 5.91 Å². The number of rotatable bonds is 6. The van der Waals surface area contributed by atoms with Crippen LogP contribution in [-0.2, 0) is 16.1 Å². The third-order valence-corrected chi connectivity index (χ3v) is 4.99. The van der Waals surface area contributed by atoms with Gasteiger partial charge in [0, 0.05) is 18.1 Å². The Morgan fingerprint density at radius 3 is 2.92 bits per heavy atom. The average Bonchev–Trinajstić information content (AvgIpc) is 3.28. The molecule has 0 aromatic carbocycles. The first kappa shape index (κ1) is 17.2. The van der Waals surface area contributed by atoms with Crippen LogP contribution in [0.25, 0.3) is 0 Å². The van der Waals surface area contributed by atoms with Crippen molar-refractivity contribution in [2.75, 3.05) is 13.2 Å². The van der Waals surface area contributed by atoms with E-state index in [0.717, 1.165) is 29.9 Å². The summed E-state index contributed by atoms with van der Waals surface area (Å²) in [6.45, 7) is 5.17. The molecule has 2 aromatic rings. The number of carbonyl (C=O) groups is 1. The number of nitrogens with one attached hydrogen (secondary N) is 1.